The Morgan fingerprint density at radius 3 is 2.80 bits per heavy atom. The van der Waals surface area contributed by atoms with Gasteiger partial charge in [0, 0.05) is 20.1 Å². The number of hydrogen-bond acceptors (Lipinski definition) is 2. The van der Waals surface area contributed by atoms with E-state index in [0.29, 0.717) is 6.04 Å². The summed E-state index contributed by atoms with van der Waals surface area (Å²) in [4.78, 5) is 1.44. The number of thiophene rings is 1. The molecule has 0 aliphatic heterocycles. The van der Waals surface area contributed by atoms with Crippen molar-refractivity contribution in [3.63, 3.8) is 0 Å². The number of rotatable bonds is 2. The summed E-state index contributed by atoms with van der Waals surface area (Å²) in [6.45, 7) is 4.40. The third-order valence-corrected chi connectivity index (χ3v) is 4.71. The first kappa shape index (κ1) is 11.1. The molecule has 0 radical (unpaired) electrons. The van der Waals surface area contributed by atoms with Crippen molar-refractivity contribution in [1.29, 1.82) is 0 Å². The van der Waals surface area contributed by atoms with Gasteiger partial charge in [-0.2, -0.15) is 0 Å². The lowest BCUT2D eigenvalue weighted by Gasteiger charge is -2.08. The zero-order valence-electron chi connectivity index (χ0n) is 9.10. The number of hydrogen-bond donors (Lipinski definition) is 1. The molecule has 2 rings (SSSR count). The molecule has 80 valence electrons. The summed E-state index contributed by atoms with van der Waals surface area (Å²) in [5, 5.41) is 4.66. The number of halogens is 1. The number of fused-ring (bicyclic) bond motifs is 1. The number of aryl methyl sites for hydroxylation is 1. The van der Waals surface area contributed by atoms with E-state index in [-0.39, 0.29) is 0 Å². The van der Waals surface area contributed by atoms with Crippen molar-refractivity contribution < 1.29 is 0 Å². The predicted octanol–water partition coefficient (Wildman–Crippen LogP) is 4.25. The molecule has 0 fully saturated rings. The second-order valence-electron chi connectivity index (χ2n) is 3.74. The van der Waals surface area contributed by atoms with Gasteiger partial charge in [-0.1, -0.05) is 15.9 Å². The van der Waals surface area contributed by atoms with E-state index in [1.165, 1.54) is 20.5 Å². The van der Waals surface area contributed by atoms with Crippen LogP contribution in [-0.4, -0.2) is 7.05 Å². The highest BCUT2D eigenvalue weighted by atomic mass is 79.9. The molecule has 3 heteroatoms. The Bertz CT molecular complexity index is 490. The Labute approximate surface area is 103 Å². The lowest BCUT2D eigenvalue weighted by molar-refractivity contribution is 0.661. The predicted molar refractivity (Wildman–Crippen MR) is 71.7 cm³/mol. The van der Waals surface area contributed by atoms with Gasteiger partial charge >= 0.3 is 0 Å². The fraction of sp³-hybridized carbons (Fsp3) is 0.333. The van der Waals surface area contributed by atoms with E-state index in [2.05, 4.69) is 53.3 Å². The van der Waals surface area contributed by atoms with Crippen LogP contribution < -0.4 is 5.32 Å². The van der Waals surface area contributed by atoms with Gasteiger partial charge in [-0.25, -0.2) is 0 Å². The van der Waals surface area contributed by atoms with Gasteiger partial charge in [0.25, 0.3) is 0 Å². The molecule has 1 aromatic heterocycles. The van der Waals surface area contributed by atoms with Crippen molar-refractivity contribution in [3.8, 4) is 0 Å². The first-order valence-electron chi connectivity index (χ1n) is 4.99. The zero-order valence-corrected chi connectivity index (χ0v) is 11.5. The maximum Gasteiger partial charge on any atom is 0.0386 e. The monoisotopic (exact) mass is 283 g/mol. The summed E-state index contributed by atoms with van der Waals surface area (Å²) in [6.07, 6.45) is 0. The Balaban J connectivity index is 2.64. The highest BCUT2D eigenvalue weighted by molar-refractivity contribution is 9.10. The normalized spacial score (nSPS) is 13.3. The smallest absolute Gasteiger partial charge is 0.0386 e. The van der Waals surface area contributed by atoms with Crippen LogP contribution in [0.3, 0.4) is 0 Å². The van der Waals surface area contributed by atoms with Gasteiger partial charge in [0.05, 0.1) is 0 Å². The molecule has 0 aliphatic carbocycles. The van der Waals surface area contributed by atoms with Gasteiger partial charge in [-0.15, -0.1) is 11.3 Å². The van der Waals surface area contributed by atoms with Gasteiger partial charge in [-0.05, 0) is 50.0 Å². The van der Waals surface area contributed by atoms with Crippen molar-refractivity contribution >= 4 is 37.4 Å². The molecule has 1 nitrogen and oxygen atoms in total. The molecule has 0 amide bonds. The van der Waals surface area contributed by atoms with E-state index in [0.717, 1.165) is 4.47 Å². The molecule has 1 N–H and O–H groups in total. The van der Waals surface area contributed by atoms with Crippen molar-refractivity contribution in [1.82, 2.24) is 5.32 Å². The summed E-state index contributed by atoms with van der Waals surface area (Å²) < 4.78 is 2.52. The average Bonchev–Trinajstić information content (AvgIpc) is 2.55. The SMILES string of the molecule is CNC(C)c1sc2ccc(Br)cc2c1C. The largest absolute Gasteiger partial charge is 0.313 e. The van der Waals surface area contributed by atoms with Crippen molar-refractivity contribution in [2.45, 2.75) is 19.9 Å². The summed E-state index contributed by atoms with van der Waals surface area (Å²) in [7, 11) is 2.00. The minimum atomic E-state index is 0.432. The lowest BCUT2D eigenvalue weighted by atomic mass is 10.1. The van der Waals surface area contributed by atoms with Gasteiger partial charge < -0.3 is 5.32 Å². The van der Waals surface area contributed by atoms with Crippen LogP contribution in [0.2, 0.25) is 0 Å². The fourth-order valence-corrected chi connectivity index (χ4v) is 3.37. The standard InChI is InChI=1S/C12H14BrNS/c1-7-10-6-9(13)4-5-11(10)15-12(7)8(2)14-3/h4-6,8,14H,1-3H3. The minimum Gasteiger partial charge on any atom is -0.313 e. The molecule has 1 atom stereocenters. The Kier molecular flexibility index (Phi) is 3.14. The Morgan fingerprint density at radius 1 is 1.40 bits per heavy atom. The second-order valence-corrected chi connectivity index (χ2v) is 5.74. The molecule has 1 heterocycles. The van der Waals surface area contributed by atoms with Crippen molar-refractivity contribution in [2.24, 2.45) is 0 Å². The lowest BCUT2D eigenvalue weighted by Crippen LogP contribution is -2.11. The zero-order chi connectivity index (χ0) is 11.0. The van der Waals surface area contributed by atoms with Gasteiger partial charge in [0.2, 0.25) is 0 Å². The van der Waals surface area contributed by atoms with Crippen molar-refractivity contribution in [3.05, 3.63) is 33.1 Å². The summed E-state index contributed by atoms with van der Waals surface area (Å²) >= 11 is 5.40. The van der Waals surface area contributed by atoms with Gasteiger partial charge in [0.1, 0.15) is 0 Å². The maximum atomic E-state index is 3.52. The topological polar surface area (TPSA) is 12.0 Å². The highest BCUT2D eigenvalue weighted by Crippen LogP contribution is 2.35. The fourth-order valence-electron chi connectivity index (χ4n) is 1.76. The molecule has 1 unspecified atom stereocenters. The van der Waals surface area contributed by atoms with Crippen LogP contribution in [0.1, 0.15) is 23.4 Å². The maximum absolute atomic E-state index is 3.52. The van der Waals surface area contributed by atoms with Crippen LogP contribution in [0.15, 0.2) is 22.7 Å². The summed E-state index contributed by atoms with van der Waals surface area (Å²) in [5.41, 5.74) is 1.40. The minimum absolute atomic E-state index is 0.432. The average molecular weight is 284 g/mol. The summed E-state index contributed by atoms with van der Waals surface area (Å²) in [5.74, 6) is 0. The highest BCUT2D eigenvalue weighted by Gasteiger charge is 2.12. The van der Waals surface area contributed by atoms with E-state index in [4.69, 9.17) is 0 Å². The molecule has 0 saturated heterocycles. The quantitative estimate of drug-likeness (QED) is 0.869. The molecular formula is C12H14BrNS. The van der Waals surface area contributed by atoms with Crippen LogP contribution >= 0.6 is 27.3 Å². The molecule has 1 aromatic carbocycles. The second kappa shape index (κ2) is 4.24. The van der Waals surface area contributed by atoms with Crippen LogP contribution in [-0.2, 0) is 0 Å². The first-order chi connectivity index (χ1) is 7.13. The molecule has 2 aromatic rings. The first-order valence-corrected chi connectivity index (χ1v) is 6.60. The van der Waals surface area contributed by atoms with E-state index in [1.807, 2.05) is 18.4 Å². The third-order valence-electron chi connectivity index (χ3n) is 2.76. The van der Waals surface area contributed by atoms with Crippen LogP contribution in [0.4, 0.5) is 0 Å². The molecule has 0 saturated carbocycles. The molecule has 15 heavy (non-hydrogen) atoms. The van der Waals surface area contributed by atoms with Crippen molar-refractivity contribution in [2.75, 3.05) is 7.05 Å². The Hall–Kier alpha value is -0.380. The van der Waals surface area contributed by atoms with Crippen LogP contribution in [0.5, 0.6) is 0 Å². The van der Waals surface area contributed by atoms with Gasteiger partial charge in [0.15, 0.2) is 0 Å². The van der Waals surface area contributed by atoms with E-state index in [1.54, 1.807) is 0 Å². The van der Waals surface area contributed by atoms with E-state index < -0.39 is 0 Å². The number of benzene rings is 1. The number of nitrogens with one attached hydrogen (secondary N) is 1. The molecule has 0 spiro atoms. The van der Waals surface area contributed by atoms with Gasteiger partial charge in [-0.3, -0.25) is 0 Å². The Morgan fingerprint density at radius 2 is 2.13 bits per heavy atom. The molecular weight excluding hydrogens is 270 g/mol. The van der Waals surface area contributed by atoms with Crippen LogP contribution in [0, 0.1) is 6.92 Å². The van der Waals surface area contributed by atoms with E-state index >= 15 is 0 Å². The third kappa shape index (κ3) is 1.96. The molecule has 0 bridgehead atoms. The van der Waals surface area contributed by atoms with Crippen LogP contribution in [0.25, 0.3) is 10.1 Å². The van der Waals surface area contributed by atoms with E-state index in [9.17, 15) is 0 Å². The molecule has 0 aliphatic rings. The summed E-state index contributed by atoms with van der Waals surface area (Å²) in [6, 6.07) is 6.92.